The van der Waals surface area contributed by atoms with E-state index >= 15 is 0 Å². The van der Waals surface area contributed by atoms with Crippen molar-refractivity contribution < 1.29 is 9.47 Å². The minimum Gasteiger partial charge on any atom is -0.497 e. The average molecular weight is 257 g/mol. The van der Waals surface area contributed by atoms with E-state index in [0.717, 1.165) is 23.5 Å². The largest absolute Gasteiger partial charge is 0.497 e. The van der Waals surface area contributed by atoms with Crippen LogP contribution in [0.5, 0.6) is 11.5 Å². The molecule has 0 aliphatic rings. The maximum atomic E-state index is 5.88. The summed E-state index contributed by atoms with van der Waals surface area (Å²) in [5.74, 6) is 2.07. The summed E-state index contributed by atoms with van der Waals surface area (Å²) in [5, 5.41) is 0. The van der Waals surface area contributed by atoms with Gasteiger partial charge < -0.3 is 9.47 Å². The van der Waals surface area contributed by atoms with Crippen LogP contribution >= 0.6 is 11.6 Å². The molecule has 3 heteroatoms. The lowest BCUT2D eigenvalue weighted by Crippen LogP contribution is -2.11. The standard InChI is InChI=1S/C14H21ClO2/c1-14(2,3)7-8-17-13-9-12(16-4)6-5-11(13)10-15/h5-6,9H,7-8,10H2,1-4H3. The molecule has 0 spiro atoms. The molecular weight excluding hydrogens is 236 g/mol. The molecule has 0 aliphatic carbocycles. The van der Waals surface area contributed by atoms with E-state index in [-0.39, 0.29) is 5.41 Å². The predicted octanol–water partition coefficient (Wildman–Crippen LogP) is 4.25. The lowest BCUT2D eigenvalue weighted by Gasteiger charge is -2.19. The first-order valence-electron chi connectivity index (χ1n) is 5.82. The molecule has 2 nitrogen and oxygen atoms in total. The first-order valence-corrected chi connectivity index (χ1v) is 6.35. The predicted molar refractivity (Wildman–Crippen MR) is 72.1 cm³/mol. The Morgan fingerprint density at radius 2 is 1.94 bits per heavy atom. The van der Waals surface area contributed by atoms with E-state index < -0.39 is 0 Å². The zero-order valence-electron chi connectivity index (χ0n) is 11.0. The fourth-order valence-corrected chi connectivity index (χ4v) is 1.59. The molecule has 0 unspecified atom stereocenters. The molecule has 1 aromatic carbocycles. The normalized spacial score (nSPS) is 11.4. The molecule has 0 radical (unpaired) electrons. The van der Waals surface area contributed by atoms with Gasteiger partial charge in [-0.05, 0) is 17.9 Å². The highest BCUT2D eigenvalue weighted by atomic mass is 35.5. The molecular formula is C14H21ClO2. The van der Waals surface area contributed by atoms with Crippen molar-refractivity contribution in [1.29, 1.82) is 0 Å². The summed E-state index contributed by atoms with van der Waals surface area (Å²) >= 11 is 5.88. The Morgan fingerprint density at radius 1 is 1.24 bits per heavy atom. The zero-order chi connectivity index (χ0) is 12.9. The molecule has 0 fully saturated rings. The van der Waals surface area contributed by atoms with Gasteiger partial charge in [0.05, 0.1) is 19.6 Å². The first-order chi connectivity index (χ1) is 7.96. The molecule has 0 N–H and O–H groups in total. The Morgan fingerprint density at radius 3 is 2.47 bits per heavy atom. The van der Waals surface area contributed by atoms with Gasteiger partial charge in [0.25, 0.3) is 0 Å². The summed E-state index contributed by atoms with van der Waals surface area (Å²) in [4.78, 5) is 0. The Kier molecular flexibility index (Phi) is 5.13. The third-order valence-electron chi connectivity index (χ3n) is 2.53. The number of methoxy groups -OCH3 is 1. The number of rotatable bonds is 5. The van der Waals surface area contributed by atoms with Crippen LogP contribution < -0.4 is 9.47 Å². The summed E-state index contributed by atoms with van der Waals surface area (Å²) in [7, 11) is 1.65. The van der Waals surface area contributed by atoms with Crippen LogP contribution in [-0.4, -0.2) is 13.7 Å². The topological polar surface area (TPSA) is 18.5 Å². The number of alkyl halides is 1. The molecule has 0 aliphatic heterocycles. The molecule has 96 valence electrons. The van der Waals surface area contributed by atoms with E-state index in [1.54, 1.807) is 7.11 Å². The van der Waals surface area contributed by atoms with Crippen molar-refractivity contribution in [2.75, 3.05) is 13.7 Å². The van der Waals surface area contributed by atoms with Crippen LogP contribution in [-0.2, 0) is 5.88 Å². The number of benzene rings is 1. The van der Waals surface area contributed by atoms with E-state index in [1.165, 1.54) is 0 Å². The Balaban J connectivity index is 2.68. The van der Waals surface area contributed by atoms with E-state index in [2.05, 4.69) is 20.8 Å². The smallest absolute Gasteiger partial charge is 0.127 e. The lowest BCUT2D eigenvalue weighted by molar-refractivity contribution is 0.241. The molecule has 0 amide bonds. The van der Waals surface area contributed by atoms with Gasteiger partial charge in [-0.25, -0.2) is 0 Å². The van der Waals surface area contributed by atoms with Crippen molar-refractivity contribution in [3.63, 3.8) is 0 Å². The molecule has 0 saturated carbocycles. The monoisotopic (exact) mass is 256 g/mol. The van der Waals surface area contributed by atoms with Gasteiger partial charge in [-0.15, -0.1) is 11.6 Å². The second kappa shape index (κ2) is 6.15. The summed E-state index contributed by atoms with van der Waals surface area (Å²) in [6, 6.07) is 5.73. The molecule has 0 bridgehead atoms. The third-order valence-corrected chi connectivity index (χ3v) is 2.82. The Bertz CT molecular complexity index is 356. The van der Waals surface area contributed by atoms with Gasteiger partial charge in [0.2, 0.25) is 0 Å². The average Bonchev–Trinajstić information content (AvgIpc) is 2.27. The van der Waals surface area contributed by atoms with Gasteiger partial charge in [0, 0.05) is 11.6 Å². The SMILES string of the molecule is COc1ccc(CCl)c(OCCC(C)(C)C)c1. The van der Waals surface area contributed by atoms with E-state index in [9.17, 15) is 0 Å². The highest BCUT2D eigenvalue weighted by Crippen LogP contribution is 2.27. The first kappa shape index (κ1) is 14.2. The molecule has 1 aromatic rings. The van der Waals surface area contributed by atoms with Crippen molar-refractivity contribution in [2.45, 2.75) is 33.1 Å². The van der Waals surface area contributed by atoms with Gasteiger partial charge in [-0.1, -0.05) is 26.8 Å². The second-order valence-electron chi connectivity index (χ2n) is 5.27. The van der Waals surface area contributed by atoms with Crippen LogP contribution in [0.25, 0.3) is 0 Å². The number of ether oxygens (including phenoxy) is 2. The van der Waals surface area contributed by atoms with Crippen LogP contribution in [0.15, 0.2) is 18.2 Å². The summed E-state index contributed by atoms with van der Waals surface area (Å²) in [6.07, 6.45) is 1.01. The van der Waals surface area contributed by atoms with Gasteiger partial charge in [-0.2, -0.15) is 0 Å². The van der Waals surface area contributed by atoms with E-state index in [1.807, 2.05) is 18.2 Å². The molecule has 0 aromatic heterocycles. The minimum atomic E-state index is 0.278. The molecule has 0 atom stereocenters. The fraction of sp³-hybridized carbons (Fsp3) is 0.571. The number of halogens is 1. The fourth-order valence-electron chi connectivity index (χ4n) is 1.37. The van der Waals surface area contributed by atoms with Crippen molar-refractivity contribution in [3.05, 3.63) is 23.8 Å². The van der Waals surface area contributed by atoms with Crippen LogP contribution in [0, 0.1) is 5.41 Å². The molecule has 1 rings (SSSR count). The van der Waals surface area contributed by atoms with Crippen molar-refractivity contribution >= 4 is 11.6 Å². The van der Waals surface area contributed by atoms with Gasteiger partial charge in [0.1, 0.15) is 11.5 Å². The minimum absolute atomic E-state index is 0.278. The van der Waals surface area contributed by atoms with E-state index in [0.29, 0.717) is 12.5 Å². The van der Waals surface area contributed by atoms with Gasteiger partial charge in [0.15, 0.2) is 0 Å². The van der Waals surface area contributed by atoms with Crippen LogP contribution in [0.2, 0.25) is 0 Å². The summed E-state index contributed by atoms with van der Waals surface area (Å²) in [5.41, 5.74) is 1.28. The summed E-state index contributed by atoms with van der Waals surface area (Å²) < 4.78 is 11.0. The number of hydrogen-bond donors (Lipinski definition) is 0. The van der Waals surface area contributed by atoms with Crippen molar-refractivity contribution in [3.8, 4) is 11.5 Å². The van der Waals surface area contributed by atoms with Crippen molar-refractivity contribution in [1.82, 2.24) is 0 Å². The summed E-state index contributed by atoms with van der Waals surface area (Å²) in [6.45, 7) is 7.29. The Hall–Kier alpha value is -0.890. The van der Waals surface area contributed by atoms with Gasteiger partial charge in [-0.3, -0.25) is 0 Å². The van der Waals surface area contributed by atoms with Crippen molar-refractivity contribution in [2.24, 2.45) is 5.41 Å². The Labute approximate surface area is 109 Å². The number of hydrogen-bond acceptors (Lipinski definition) is 2. The van der Waals surface area contributed by atoms with Crippen LogP contribution in [0.4, 0.5) is 0 Å². The lowest BCUT2D eigenvalue weighted by atomic mass is 9.93. The van der Waals surface area contributed by atoms with Crippen LogP contribution in [0.1, 0.15) is 32.8 Å². The third kappa shape index (κ3) is 4.86. The molecule has 0 heterocycles. The quantitative estimate of drug-likeness (QED) is 0.734. The van der Waals surface area contributed by atoms with E-state index in [4.69, 9.17) is 21.1 Å². The van der Waals surface area contributed by atoms with Gasteiger partial charge >= 0.3 is 0 Å². The highest BCUT2D eigenvalue weighted by Gasteiger charge is 2.11. The zero-order valence-corrected chi connectivity index (χ0v) is 11.8. The van der Waals surface area contributed by atoms with Crippen LogP contribution in [0.3, 0.4) is 0 Å². The molecule has 0 saturated heterocycles. The second-order valence-corrected chi connectivity index (χ2v) is 5.53. The highest BCUT2D eigenvalue weighted by molar-refractivity contribution is 6.17. The maximum Gasteiger partial charge on any atom is 0.127 e. The molecule has 17 heavy (non-hydrogen) atoms. The maximum absolute atomic E-state index is 5.88.